The lowest BCUT2D eigenvalue weighted by Crippen LogP contribution is -2.01. The van der Waals surface area contributed by atoms with E-state index in [-0.39, 0.29) is 0 Å². The van der Waals surface area contributed by atoms with Gasteiger partial charge in [0.2, 0.25) is 0 Å². The number of halogens is 3. The van der Waals surface area contributed by atoms with Gasteiger partial charge in [0, 0.05) is 11.5 Å². The highest BCUT2D eigenvalue weighted by molar-refractivity contribution is 9.10. The van der Waals surface area contributed by atoms with E-state index >= 15 is 0 Å². The van der Waals surface area contributed by atoms with Gasteiger partial charge < -0.3 is 5.32 Å². The van der Waals surface area contributed by atoms with Crippen molar-refractivity contribution < 1.29 is 0 Å². The molecule has 0 fully saturated rings. The molecule has 4 nitrogen and oxygen atoms in total. The first-order chi connectivity index (χ1) is 8.95. The van der Waals surface area contributed by atoms with Crippen LogP contribution in [0, 0.1) is 18.3 Å². The third-order valence-electron chi connectivity index (χ3n) is 2.62. The SMILES string of the molecule is Cc1nn(C)c(Nc2ccc(Br)c(Cl)c2Cl)c1C#N. The minimum atomic E-state index is 0.388. The Morgan fingerprint density at radius 3 is 2.68 bits per heavy atom. The molecule has 1 aromatic heterocycles. The standard InChI is InChI=1S/C12H9BrCl2N4/c1-6-7(5-16)12(19(2)18-6)17-9-4-3-8(13)10(14)11(9)15/h3-4,17H,1-2H3. The molecule has 2 rings (SSSR count). The Morgan fingerprint density at radius 2 is 2.05 bits per heavy atom. The second kappa shape index (κ2) is 5.41. The molecular formula is C12H9BrCl2N4. The van der Waals surface area contributed by atoms with Crippen molar-refractivity contribution in [2.45, 2.75) is 6.92 Å². The van der Waals surface area contributed by atoms with E-state index in [0.29, 0.717) is 37.3 Å². The Bertz CT molecular complexity index is 688. The molecule has 0 aliphatic rings. The Labute approximate surface area is 129 Å². The van der Waals surface area contributed by atoms with Crippen molar-refractivity contribution >= 4 is 50.6 Å². The maximum absolute atomic E-state index is 9.15. The second-order valence-corrected chi connectivity index (χ2v) is 5.50. The predicted octanol–water partition coefficient (Wildman–Crippen LogP) is 4.41. The zero-order valence-electron chi connectivity index (χ0n) is 10.1. The third-order valence-corrected chi connectivity index (χ3v) is 4.39. The number of nitrogens with one attached hydrogen (secondary N) is 1. The highest BCUT2D eigenvalue weighted by atomic mass is 79.9. The van der Waals surface area contributed by atoms with Crippen LogP contribution in [0.2, 0.25) is 10.0 Å². The summed E-state index contributed by atoms with van der Waals surface area (Å²) in [5.74, 6) is 0.584. The Balaban J connectivity index is 2.49. The molecule has 0 aliphatic carbocycles. The topological polar surface area (TPSA) is 53.6 Å². The molecule has 0 amide bonds. The van der Waals surface area contributed by atoms with Crippen molar-refractivity contribution in [3.63, 3.8) is 0 Å². The van der Waals surface area contributed by atoms with Gasteiger partial charge >= 0.3 is 0 Å². The smallest absolute Gasteiger partial charge is 0.146 e. The number of hydrogen-bond acceptors (Lipinski definition) is 3. The van der Waals surface area contributed by atoms with Crippen LogP contribution < -0.4 is 5.32 Å². The van der Waals surface area contributed by atoms with Crippen LogP contribution in [0.5, 0.6) is 0 Å². The Morgan fingerprint density at radius 1 is 1.37 bits per heavy atom. The van der Waals surface area contributed by atoms with Gasteiger partial charge in [0.15, 0.2) is 0 Å². The van der Waals surface area contributed by atoms with E-state index in [2.05, 4.69) is 32.4 Å². The number of anilines is 2. The molecule has 1 heterocycles. The van der Waals surface area contributed by atoms with Crippen molar-refractivity contribution in [1.82, 2.24) is 9.78 Å². The average molecular weight is 360 g/mol. The average Bonchev–Trinajstić information content (AvgIpc) is 2.64. The van der Waals surface area contributed by atoms with Gasteiger partial charge in [-0.15, -0.1) is 0 Å². The Hall–Kier alpha value is -1.22. The van der Waals surface area contributed by atoms with Gasteiger partial charge in [-0.3, -0.25) is 4.68 Å². The third kappa shape index (κ3) is 2.57. The minimum Gasteiger partial charge on any atom is -0.338 e. The van der Waals surface area contributed by atoms with Crippen LogP contribution in [0.25, 0.3) is 0 Å². The number of aromatic nitrogens is 2. The number of benzene rings is 1. The van der Waals surface area contributed by atoms with Crippen LogP contribution in [-0.4, -0.2) is 9.78 Å². The number of hydrogen-bond donors (Lipinski definition) is 1. The molecule has 0 spiro atoms. The summed E-state index contributed by atoms with van der Waals surface area (Å²) >= 11 is 15.5. The van der Waals surface area contributed by atoms with Crippen LogP contribution >= 0.6 is 39.1 Å². The van der Waals surface area contributed by atoms with E-state index in [1.165, 1.54) is 0 Å². The van der Waals surface area contributed by atoms with E-state index < -0.39 is 0 Å². The summed E-state index contributed by atoms with van der Waals surface area (Å²) in [4.78, 5) is 0. The largest absolute Gasteiger partial charge is 0.338 e. The maximum atomic E-state index is 9.15. The first-order valence-electron chi connectivity index (χ1n) is 5.30. The van der Waals surface area contributed by atoms with E-state index in [1.807, 2.05) is 0 Å². The molecule has 0 saturated heterocycles. The Kier molecular flexibility index (Phi) is 4.04. The van der Waals surface area contributed by atoms with Crippen LogP contribution in [0.3, 0.4) is 0 Å². The van der Waals surface area contributed by atoms with Crippen LogP contribution in [0.15, 0.2) is 16.6 Å². The summed E-state index contributed by atoms with van der Waals surface area (Å²) in [6.45, 7) is 1.78. The highest BCUT2D eigenvalue weighted by Gasteiger charge is 2.15. The van der Waals surface area contributed by atoms with Gasteiger partial charge in [-0.2, -0.15) is 10.4 Å². The summed E-state index contributed by atoms with van der Waals surface area (Å²) in [5.41, 5.74) is 1.76. The van der Waals surface area contributed by atoms with Crippen LogP contribution in [-0.2, 0) is 7.05 Å². The van der Waals surface area contributed by atoms with Crippen molar-refractivity contribution in [3.05, 3.63) is 37.9 Å². The first kappa shape index (κ1) is 14.2. The number of rotatable bonds is 2. The number of aryl methyl sites for hydroxylation is 2. The molecular weight excluding hydrogens is 351 g/mol. The fourth-order valence-corrected chi connectivity index (χ4v) is 2.51. The number of nitrogens with zero attached hydrogens (tertiary/aromatic N) is 3. The maximum Gasteiger partial charge on any atom is 0.146 e. The van der Waals surface area contributed by atoms with Crippen LogP contribution in [0.4, 0.5) is 11.5 Å². The fourth-order valence-electron chi connectivity index (χ4n) is 1.69. The summed E-state index contributed by atoms with van der Waals surface area (Å²) in [6.07, 6.45) is 0. The van der Waals surface area contributed by atoms with E-state index in [1.54, 1.807) is 30.8 Å². The zero-order chi connectivity index (χ0) is 14.2. The molecule has 0 radical (unpaired) electrons. The molecule has 19 heavy (non-hydrogen) atoms. The predicted molar refractivity (Wildman–Crippen MR) is 80.1 cm³/mol. The van der Waals surface area contributed by atoms with Gasteiger partial charge in [0.25, 0.3) is 0 Å². The lowest BCUT2D eigenvalue weighted by Gasteiger charge is -2.10. The normalized spacial score (nSPS) is 10.3. The molecule has 0 saturated carbocycles. The molecule has 1 aromatic carbocycles. The minimum absolute atomic E-state index is 0.388. The molecule has 7 heteroatoms. The molecule has 2 aromatic rings. The van der Waals surface area contributed by atoms with Crippen molar-refractivity contribution in [2.75, 3.05) is 5.32 Å². The van der Waals surface area contributed by atoms with Gasteiger partial charge in [-0.25, -0.2) is 0 Å². The zero-order valence-corrected chi connectivity index (χ0v) is 13.2. The molecule has 1 N–H and O–H groups in total. The summed E-state index contributed by atoms with van der Waals surface area (Å²) in [7, 11) is 1.75. The van der Waals surface area contributed by atoms with Crippen LogP contribution in [0.1, 0.15) is 11.3 Å². The fraction of sp³-hybridized carbons (Fsp3) is 0.167. The van der Waals surface area contributed by atoms with Crippen molar-refractivity contribution in [1.29, 1.82) is 5.26 Å². The molecule has 0 bridgehead atoms. The monoisotopic (exact) mass is 358 g/mol. The molecule has 0 unspecified atom stereocenters. The van der Waals surface area contributed by atoms with Crippen molar-refractivity contribution in [3.8, 4) is 6.07 Å². The summed E-state index contributed by atoms with van der Waals surface area (Å²) < 4.78 is 2.31. The number of nitriles is 1. The summed E-state index contributed by atoms with van der Waals surface area (Å²) in [5, 5.41) is 17.2. The first-order valence-corrected chi connectivity index (χ1v) is 6.84. The molecule has 0 atom stereocenters. The lowest BCUT2D eigenvalue weighted by atomic mass is 10.2. The van der Waals surface area contributed by atoms with Gasteiger partial charge in [-0.1, -0.05) is 23.2 Å². The van der Waals surface area contributed by atoms with Gasteiger partial charge in [0.05, 0.1) is 21.4 Å². The summed E-state index contributed by atoms with van der Waals surface area (Å²) in [6, 6.07) is 5.68. The quantitative estimate of drug-likeness (QED) is 0.808. The van der Waals surface area contributed by atoms with Gasteiger partial charge in [-0.05, 0) is 35.0 Å². The van der Waals surface area contributed by atoms with Crippen molar-refractivity contribution in [2.24, 2.45) is 7.05 Å². The highest BCUT2D eigenvalue weighted by Crippen LogP contribution is 2.37. The van der Waals surface area contributed by atoms with E-state index in [0.717, 1.165) is 0 Å². The lowest BCUT2D eigenvalue weighted by molar-refractivity contribution is 0.765. The van der Waals surface area contributed by atoms with E-state index in [9.17, 15) is 0 Å². The molecule has 0 aliphatic heterocycles. The van der Waals surface area contributed by atoms with E-state index in [4.69, 9.17) is 28.5 Å². The van der Waals surface area contributed by atoms with Gasteiger partial charge in [0.1, 0.15) is 17.5 Å². The molecule has 98 valence electrons. The second-order valence-electron chi connectivity index (χ2n) is 3.89.